The Hall–Kier alpha value is -0.920. The average Bonchev–Trinajstić information content (AvgIpc) is 2.58. The highest BCUT2D eigenvalue weighted by atomic mass is 32.2. The van der Waals surface area contributed by atoms with Gasteiger partial charge in [0.15, 0.2) is 0 Å². The lowest BCUT2D eigenvalue weighted by Gasteiger charge is -2.12. The molecule has 1 rings (SSSR count). The number of aryl methyl sites for hydroxylation is 2. The Labute approximate surface area is 111 Å². The molecule has 0 fully saturated rings. The zero-order chi connectivity index (χ0) is 13.9. The van der Waals surface area contributed by atoms with Crippen LogP contribution in [-0.2, 0) is 19.6 Å². The van der Waals surface area contributed by atoms with Gasteiger partial charge in [-0.3, -0.25) is 4.79 Å². The molecule has 0 saturated heterocycles. The molecule has 0 aliphatic heterocycles. The standard InChI is InChI=1S/C11H17NO4S2/c1-5-16-11(13)8(3)12-18(14,15)10-6-7(2)17-9(10)4/h6,8,12H,5H2,1-4H3/t8-/m1/s1. The normalized spacial score (nSPS) is 13.3. The lowest BCUT2D eigenvalue weighted by atomic mass is 10.4. The molecule has 1 heterocycles. The van der Waals surface area contributed by atoms with Gasteiger partial charge in [-0.05, 0) is 33.8 Å². The maximum atomic E-state index is 12.1. The molecule has 1 aromatic heterocycles. The van der Waals surface area contributed by atoms with E-state index in [1.54, 1.807) is 19.9 Å². The van der Waals surface area contributed by atoms with Crippen molar-refractivity contribution in [2.24, 2.45) is 0 Å². The van der Waals surface area contributed by atoms with Crippen LogP contribution in [0, 0.1) is 13.8 Å². The first-order valence-electron chi connectivity index (χ1n) is 5.54. The molecule has 0 aliphatic rings. The summed E-state index contributed by atoms with van der Waals surface area (Å²) in [6, 6.07) is 0.703. The molecule has 0 amide bonds. The van der Waals surface area contributed by atoms with E-state index in [-0.39, 0.29) is 11.5 Å². The van der Waals surface area contributed by atoms with Gasteiger partial charge in [0.25, 0.3) is 0 Å². The lowest BCUT2D eigenvalue weighted by Crippen LogP contribution is -2.39. The van der Waals surface area contributed by atoms with E-state index in [4.69, 9.17) is 4.74 Å². The van der Waals surface area contributed by atoms with Gasteiger partial charge in [0.2, 0.25) is 10.0 Å². The first-order valence-corrected chi connectivity index (χ1v) is 7.84. The molecular formula is C11H17NO4S2. The molecule has 102 valence electrons. The van der Waals surface area contributed by atoms with Crippen molar-refractivity contribution >= 4 is 27.3 Å². The maximum Gasteiger partial charge on any atom is 0.323 e. The van der Waals surface area contributed by atoms with Gasteiger partial charge >= 0.3 is 5.97 Å². The second kappa shape index (κ2) is 5.81. The summed E-state index contributed by atoms with van der Waals surface area (Å²) < 4.78 is 31.2. The Morgan fingerprint density at radius 1 is 1.50 bits per heavy atom. The number of rotatable bonds is 5. The molecule has 7 heteroatoms. The summed E-state index contributed by atoms with van der Waals surface area (Å²) in [6.45, 7) is 6.93. The zero-order valence-corrected chi connectivity index (χ0v) is 12.4. The Bertz CT molecular complexity index is 533. The fraction of sp³-hybridized carbons (Fsp3) is 0.545. The Kier molecular flexibility index (Phi) is 4.89. The van der Waals surface area contributed by atoms with Crippen LogP contribution in [0.1, 0.15) is 23.6 Å². The highest BCUT2D eigenvalue weighted by Gasteiger charge is 2.25. The van der Waals surface area contributed by atoms with E-state index < -0.39 is 22.0 Å². The number of esters is 1. The van der Waals surface area contributed by atoms with Crippen LogP contribution in [0.5, 0.6) is 0 Å². The minimum Gasteiger partial charge on any atom is -0.465 e. The first-order chi connectivity index (χ1) is 8.27. The first kappa shape index (κ1) is 15.1. The summed E-state index contributed by atoms with van der Waals surface area (Å²) in [4.78, 5) is 13.2. The summed E-state index contributed by atoms with van der Waals surface area (Å²) >= 11 is 1.41. The summed E-state index contributed by atoms with van der Waals surface area (Å²) in [5, 5.41) is 0. The number of nitrogens with one attached hydrogen (secondary N) is 1. The van der Waals surface area contributed by atoms with Crippen LogP contribution in [0.3, 0.4) is 0 Å². The van der Waals surface area contributed by atoms with Crippen LogP contribution in [0.25, 0.3) is 0 Å². The van der Waals surface area contributed by atoms with Crippen molar-refractivity contribution in [3.63, 3.8) is 0 Å². The van der Waals surface area contributed by atoms with Crippen LogP contribution in [0.4, 0.5) is 0 Å². The Balaban J connectivity index is 2.89. The van der Waals surface area contributed by atoms with Crippen molar-refractivity contribution < 1.29 is 17.9 Å². The fourth-order valence-electron chi connectivity index (χ4n) is 1.49. The molecule has 18 heavy (non-hydrogen) atoms. The van der Waals surface area contributed by atoms with Crippen LogP contribution >= 0.6 is 11.3 Å². The molecule has 0 radical (unpaired) electrons. The molecule has 0 saturated carbocycles. The van der Waals surface area contributed by atoms with Crippen LogP contribution in [0.15, 0.2) is 11.0 Å². The third-order valence-electron chi connectivity index (χ3n) is 2.26. The van der Waals surface area contributed by atoms with Crippen LogP contribution in [0.2, 0.25) is 0 Å². The number of hydrogen-bond acceptors (Lipinski definition) is 5. The smallest absolute Gasteiger partial charge is 0.323 e. The molecule has 0 unspecified atom stereocenters. The number of carbonyl (C=O) groups excluding carboxylic acids is 1. The van der Waals surface area contributed by atoms with Crippen molar-refractivity contribution in [1.29, 1.82) is 0 Å². The van der Waals surface area contributed by atoms with Crippen molar-refractivity contribution in [3.05, 3.63) is 15.8 Å². The van der Waals surface area contributed by atoms with Crippen molar-refractivity contribution in [2.45, 2.75) is 38.6 Å². The largest absolute Gasteiger partial charge is 0.465 e. The number of ether oxygens (including phenoxy) is 1. The predicted octanol–water partition coefficient (Wildman–Crippen LogP) is 1.59. The third kappa shape index (κ3) is 3.54. The van der Waals surface area contributed by atoms with E-state index in [2.05, 4.69) is 4.72 Å². The maximum absolute atomic E-state index is 12.1. The van der Waals surface area contributed by atoms with Crippen LogP contribution < -0.4 is 4.72 Å². The highest BCUT2D eigenvalue weighted by molar-refractivity contribution is 7.89. The second-order valence-corrected chi connectivity index (χ2v) is 7.02. The summed E-state index contributed by atoms with van der Waals surface area (Å²) in [5.74, 6) is -0.578. The van der Waals surface area contributed by atoms with Crippen LogP contribution in [-0.4, -0.2) is 27.0 Å². The van der Waals surface area contributed by atoms with E-state index in [0.29, 0.717) is 4.88 Å². The molecule has 0 aromatic carbocycles. The molecule has 1 N–H and O–H groups in total. The van der Waals surface area contributed by atoms with Gasteiger partial charge in [-0.15, -0.1) is 11.3 Å². The number of carbonyl (C=O) groups is 1. The van der Waals surface area contributed by atoms with E-state index in [9.17, 15) is 13.2 Å². The van der Waals surface area contributed by atoms with Gasteiger partial charge in [-0.2, -0.15) is 4.72 Å². The van der Waals surface area contributed by atoms with Gasteiger partial charge in [0.1, 0.15) is 6.04 Å². The van der Waals surface area contributed by atoms with E-state index >= 15 is 0 Å². The van der Waals surface area contributed by atoms with E-state index in [0.717, 1.165) is 4.88 Å². The monoisotopic (exact) mass is 291 g/mol. The Morgan fingerprint density at radius 3 is 2.56 bits per heavy atom. The molecular weight excluding hydrogens is 274 g/mol. The lowest BCUT2D eigenvalue weighted by molar-refractivity contribution is -0.144. The van der Waals surface area contributed by atoms with Gasteiger partial charge in [-0.1, -0.05) is 0 Å². The average molecular weight is 291 g/mol. The van der Waals surface area contributed by atoms with Crippen molar-refractivity contribution in [3.8, 4) is 0 Å². The number of hydrogen-bond donors (Lipinski definition) is 1. The molecule has 0 bridgehead atoms. The van der Waals surface area contributed by atoms with E-state index in [1.165, 1.54) is 18.3 Å². The summed E-state index contributed by atoms with van der Waals surface area (Å²) in [5.41, 5.74) is 0. The van der Waals surface area contributed by atoms with Crippen molar-refractivity contribution in [2.75, 3.05) is 6.61 Å². The summed E-state index contributed by atoms with van der Waals surface area (Å²) in [7, 11) is -3.67. The zero-order valence-electron chi connectivity index (χ0n) is 10.8. The minimum atomic E-state index is -3.67. The quantitative estimate of drug-likeness (QED) is 0.836. The van der Waals surface area contributed by atoms with Gasteiger partial charge in [0.05, 0.1) is 11.5 Å². The topological polar surface area (TPSA) is 72.5 Å². The highest BCUT2D eigenvalue weighted by Crippen LogP contribution is 2.24. The molecule has 1 aromatic rings. The number of thiophene rings is 1. The molecule has 0 spiro atoms. The van der Waals surface area contributed by atoms with Crippen molar-refractivity contribution in [1.82, 2.24) is 4.72 Å². The fourth-order valence-corrected chi connectivity index (χ4v) is 4.23. The molecule has 0 aliphatic carbocycles. The second-order valence-electron chi connectivity index (χ2n) is 3.87. The third-order valence-corrected chi connectivity index (χ3v) is 5.02. The molecule has 1 atom stereocenters. The number of sulfonamides is 1. The predicted molar refractivity (Wildman–Crippen MR) is 70.2 cm³/mol. The molecule has 5 nitrogen and oxygen atoms in total. The summed E-state index contributed by atoms with van der Waals surface area (Å²) in [6.07, 6.45) is 0. The van der Waals surface area contributed by atoms with E-state index in [1.807, 2.05) is 6.92 Å². The minimum absolute atomic E-state index is 0.223. The van der Waals surface area contributed by atoms with Gasteiger partial charge in [-0.25, -0.2) is 8.42 Å². The Morgan fingerprint density at radius 2 is 2.11 bits per heavy atom. The van der Waals surface area contributed by atoms with Gasteiger partial charge < -0.3 is 4.74 Å². The van der Waals surface area contributed by atoms with Gasteiger partial charge in [0, 0.05) is 9.75 Å². The SMILES string of the molecule is CCOC(=O)[C@@H](C)NS(=O)(=O)c1cc(C)sc1C.